The van der Waals surface area contributed by atoms with Gasteiger partial charge in [-0.25, -0.2) is 4.39 Å². The summed E-state index contributed by atoms with van der Waals surface area (Å²) >= 11 is 0. The molecule has 0 heterocycles. The topological polar surface area (TPSA) is 55.1 Å². The molecular formula is C15H15FN2O. The van der Waals surface area contributed by atoms with E-state index >= 15 is 0 Å². The SMILES string of the molecule is Cc1ccccc1CNC(=O)c1cc(N)cc(F)c1. The van der Waals surface area contributed by atoms with E-state index in [0.29, 0.717) is 6.54 Å². The zero-order valence-electron chi connectivity index (χ0n) is 10.6. The average Bonchev–Trinajstić information content (AvgIpc) is 2.36. The Morgan fingerprint density at radius 3 is 2.68 bits per heavy atom. The molecule has 0 atom stereocenters. The Morgan fingerprint density at radius 2 is 2.00 bits per heavy atom. The van der Waals surface area contributed by atoms with E-state index in [4.69, 9.17) is 5.73 Å². The third-order valence-corrected chi connectivity index (χ3v) is 2.88. The molecule has 3 nitrogen and oxygen atoms in total. The highest BCUT2D eigenvalue weighted by atomic mass is 19.1. The van der Waals surface area contributed by atoms with Crippen LogP contribution in [-0.2, 0) is 6.54 Å². The monoisotopic (exact) mass is 258 g/mol. The van der Waals surface area contributed by atoms with Crippen LogP contribution in [0.2, 0.25) is 0 Å². The summed E-state index contributed by atoms with van der Waals surface area (Å²) in [6.45, 7) is 2.38. The summed E-state index contributed by atoms with van der Waals surface area (Å²) < 4.78 is 13.2. The number of amides is 1. The van der Waals surface area contributed by atoms with E-state index in [1.54, 1.807) is 0 Å². The van der Waals surface area contributed by atoms with Crippen molar-refractivity contribution >= 4 is 11.6 Å². The van der Waals surface area contributed by atoms with Crippen LogP contribution in [0, 0.1) is 12.7 Å². The second-order valence-electron chi connectivity index (χ2n) is 4.38. The smallest absolute Gasteiger partial charge is 0.251 e. The van der Waals surface area contributed by atoms with E-state index in [9.17, 15) is 9.18 Å². The van der Waals surface area contributed by atoms with Crippen LogP contribution in [0.4, 0.5) is 10.1 Å². The first-order chi connectivity index (χ1) is 9.06. The Labute approximate surface area is 111 Å². The van der Waals surface area contributed by atoms with Gasteiger partial charge < -0.3 is 11.1 Å². The summed E-state index contributed by atoms with van der Waals surface area (Å²) in [5.41, 5.74) is 8.10. The highest BCUT2D eigenvalue weighted by Gasteiger charge is 2.08. The lowest BCUT2D eigenvalue weighted by molar-refractivity contribution is 0.0950. The Balaban J connectivity index is 2.08. The van der Waals surface area contributed by atoms with Crippen molar-refractivity contribution in [3.8, 4) is 0 Å². The molecule has 98 valence electrons. The first-order valence-corrected chi connectivity index (χ1v) is 5.95. The molecule has 0 aromatic heterocycles. The van der Waals surface area contributed by atoms with E-state index < -0.39 is 5.82 Å². The average molecular weight is 258 g/mol. The van der Waals surface area contributed by atoms with E-state index in [1.165, 1.54) is 18.2 Å². The normalized spacial score (nSPS) is 10.2. The number of nitrogens with one attached hydrogen (secondary N) is 1. The molecule has 0 aliphatic heterocycles. The van der Waals surface area contributed by atoms with Crippen LogP contribution >= 0.6 is 0 Å². The van der Waals surface area contributed by atoms with Gasteiger partial charge in [0.05, 0.1) is 0 Å². The molecule has 0 aliphatic carbocycles. The molecule has 0 unspecified atom stereocenters. The van der Waals surface area contributed by atoms with Crippen molar-refractivity contribution in [3.63, 3.8) is 0 Å². The Bertz CT molecular complexity index is 591. The number of aryl methyl sites for hydroxylation is 1. The van der Waals surface area contributed by atoms with Gasteiger partial charge in [-0.2, -0.15) is 0 Å². The van der Waals surface area contributed by atoms with Crippen LogP contribution in [0.5, 0.6) is 0 Å². The van der Waals surface area contributed by atoms with Crippen LogP contribution in [0.15, 0.2) is 42.5 Å². The molecule has 0 saturated heterocycles. The van der Waals surface area contributed by atoms with Gasteiger partial charge in [0.25, 0.3) is 5.91 Å². The molecule has 0 radical (unpaired) electrons. The summed E-state index contributed by atoms with van der Waals surface area (Å²) in [7, 11) is 0. The van der Waals surface area contributed by atoms with Crippen LogP contribution in [0.3, 0.4) is 0 Å². The van der Waals surface area contributed by atoms with Gasteiger partial charge in [0.15, 0.2) is 0 Å². The van der Waals surface area contributed by atoms with Crippen molar-refractivity contribution in [2.24, 2.45) is 0 Å². The lowest BCUT2D eigenvalue weighted by Crippen LogP contribution is -2.23. The molecule has 2 aromatic carbocycles. The number of nitrogens with two attached hydrogens (primary N) is 1. The summed E-state index contributed by atoms with van der Waals surface area (Å²) in [4.78, 5) is 11.9. The molecule has 2 aromatic rings. The predicted octanol–water partition coefficient (Wildman–Crippen LogP) is 2.65. The zero-order chi connectivity index (χ0) is 13.8. The highest BCUT2D eigenvalue weighted by Crippen LogP contribution is 2.11. The van der Waals surface area contributed by atoms with E-state index in [0.717, 1.165) is 11.1 Å². The van der Waals surface area contributed by atoms with Gasteiger partial charge in [-0.15, -0.1) is 0 Å². The number of hydrogen-bond donors (Lipinski definition) is 2. The van der Waals surface area contributed by atoms with E-state index in [-0.39, 0.29) is 17.2 Å². The minimum Gasteiger partial charge on any atom is -0.399 e. The lowest BCUT2D eigenvalue weighted by atomic mass is 10.1. The fourth-order valence-electron chi connectivity index (χ4n) is 1.83. The molecule has 0 aliphatic rings. The van der Waals surface area contributed by atoms with Gasteiger partial charge in [-0.3, -0.25) is 4.79 Å². The Kier molecular flexibility index (Phi) is 3.80. The number of carbonyl (C=O) groups is 1. The number of nitrogen functional groups attached to an aromatic ring is 1. The fraction of sp³-hybridized carbons (Fsp3) is 0.133. The number of rotatable bonds is 3. The summed E-state index contributed by atoms with van der Waals surface area (Å²) in [6.07, 6.45) is 0. The van der Waals surface area contributed by atoms with Crippen molar-refractivity contribution in [2.45, 2.75) is 13.5 Å². The van der Waals surface area contributed by atoms with Crippen LogP contribution in [-0.4, -0.2) is 5.91 Å². The number of anilines is 1. The maximum Gasteiger partial charge on any atom is 0.251 e. The van der Waals surface area contributed by atoms with E-state index in [2.05, 4.69) is 5.32 Å². The maximum absolute atomic E-state index is 13.2. The second-order valence-corrected chi connectivity index (χ2v) is 4.38. The Morgan fingerprint density at radius 1 is 1.26 bits per heavy atom. The molecule has 19 heavy (non-hydrogen) atoms. The number of carbonyl (C=O) groups excluding carboxylic acids is 1. The van der Waals surface area contributed by atoms with Crippen molar-refractivity contribution in [3.05, 3.63) is 65.0 Å². The summed E-state index contributed by atoms with van der Waals surface area (Å²) in [6, 6.07) is 11.6. The number of halogens is 1. The molecule has 0 saturated carbocycles. The van der Waals surface area contributed by atoms with Crippen molar-refractivity contribution < 1.29 is 9.18 Å². The third-order valence-electron chi connectivity index (χ3n) is 2.88. The third kappa shape index (κ3) is 3.31. The number of hydrogen-bond acceptors (Lipinski definition) is 2. The Hall–Kier alpha value is -2.36. The molecule has 0 fully saturated rings. The van der Waals surface area contributed by atoms with Gasteiger partial charge in [0.2, 0.25) is 0 Å². The van der Waals surface area contributed by atoms with Crippen molar-refractivity contribution in [1.82, 2.24) is 5.32 Å². The van der Waals surface area contributed by atoms with Gasteiger partial charge in [-0.05, 0) is 36.2 Å². The van der Waals surface area contributed by atoms with Crippen molar-refractivity contribution in [1.29, 1.82) is 0 Å². The van der Waals surface area contributed by atoms with E-state index in [1.807, 2.05) is 31.2 Å². The van der Waals surface area contributed by atoms with Crippen LogP contribution in [0.1, 0.15) is 21.5 Å². The quantitative estimate of drug-likeness (QED) is 0.831. The largest absolute Gasteiger partial charge is 0.399 e. The lowest BCUT2D eigenvalue weighted by Gasteiger charge is -2.08. The highest BCUT2D eigenvalue weighted by molar-refractivity contribution is 5.95. The van der Waals surface area contributed by atoms with Gasteiger partial charge in [0, 0.05) is 17.8 Å². The molecule has 4 heteroatoms. The number of benzene rings is 2. The van der Waals surface area contributed by atoms with Crippen LogP contribution in [0.25, 0.3) is 0 Å². The maximum atomic E-state index is 13.2. The zero-order valence-corrected chi connectivity index (χ0v) is 10.6. The van der Waals surface area contributed by atoms with Gasteiger partial charge in [0.1, 0.15) is 5.82 Å². The second kappa shape index (κ2) is 5.52. The molecule has 3 N–H and O–H groups in total. The molecule has 0 spiro atoms. The first-order valence-electron chi connectivity index (χ1n) is 5.95. The molecule has 1 amide bonds. The predicted molar refractivity (Wildman–Crippen MR) is 73.2 cm³/mol. The standard InChI is InChI=1S/C15H15FN2O/c1-10-4-2-3-5-11(10)9-18-15(19)12-6-13(16)8-14(17)7-12/h2-8H,9,17H2,1H3,(H,18,19). The fourth-order valence-corrected chi connectivity index (χ4v) is 1.83. The summed E-state index contributed by atoms with van der Waals surface area (Å²) in [5.74, 6) is -0.851. The van der Waals surface area contributed by atoms with Gasteiger partial charge >= 0.3 is 0 Å². The van der Waals surface area contributed by atoms with Crippen molar-refractivity contribution in [2.75, 3.05) is 5.73 Å². The van der Waals surface area contributed by atoms with Gasteiger partial charge in [-0.1, -0.05) is 24.3 Å². The minimum atomic E-state index is -0.513. The molecule has 2 rings (SSSR count). The summed E-state index contributed by atoms with van der Waals surface area (Å²) in [5, 5.41) is 2.75. The molecule has 0 bridgehead atoms. The first kappa shape index (κ1) is 13.1. The molecular weight excluding hydrogens is 243 g/mol. The minimum absolute atomic E-state index is 0.228. The van der Waals surface area contributed by atoms with Crippen LogP contribution < -0.4 is 11.1 Å².